The first-order valence-electron chi connectivity index (χ1n) is 6.78. The number of furan rings is 1. The lowest BCUT2D eigenvalue weighted by Gasteiger charge is -2.15. The van der Waals surface area contributed by atoms with E-state index >= 15 is 0 Å². The molecule has 1 unspecified atom stereocenters. The molecule has 20 heavy (non-hydrogen) atoms. The molecule has 0 spiro atoms. The molecule has 2 heterocycles. The van der Waals surface area contributed by atoms with Gasteiger partial charge in [0.05, 0.1) is 17.1 Å². The molecule has 0 aliphatic carbocycles. The lowest BCUT2D eigenvalue weighted by atomic mass is 10.1. The predicted molar refractivity (Wildman–Crippen MR) is 80.9 cm³/mol. The smallest absolute Gasteiger partial charge is 0.201 e. The first-order valence-corrected chi connectivity index (χ1v) is 6.78. The van der Waals surface area contributed by atoms with Crippen molar-refractivity contribution >= 4 is 17.0 Å². The van der Waals surface area contributed by atoms with Gasteiger partial charge in [0, 0.05) is 5.56 Å². The Labute approximate surface area is 118 Å². The summed E-state index contributed by atoms with van der Waals surface area (Å²) in [6.07, 6.45) is 0. The summed E-state index contributed by atoms with van der Waals surface area (Å²) in [6, 6.07) is 8.38. The Bertz CT molecular complexity index is 782. The van der Waals surface area contributed by atoms with Gasteiger partial charge < -0.3 is 14.7 Å². The van der Waals surface area contributed by atoms with Crippen LogP contribution in [0.5, 0.6) is 0 Å². The zero-order chi connectivity index (χ0) is 14.4. The highest BCUT2D eigenvalue weighted by atomic mass is 16.3. The van der Waals surface area contributed by atoms with Crippen molar-refractivity contribution in [3.8, 4) is 0 Å². The largest absolute Gasteiger partial charge is 0.466 e. The topological polar surface area (TPSA) is 57.0 Å². The van der Waals surface area contributed by atoms with E-state index in [1.54, 1.807) is 0 Å². The third kappa shape index (κ3) is 1.88. The molecule has 104 valence electrons. The molecule has 3 rings (SSSR count). The van der Waals surface area contributed by atoms with E-state index in [9.17, 15) is 0 Å². The van der Waals surface area contributed by atoms with Crippen molar-refractivity contribution in [2.75, 3.05) is 5.73 Å². The van der Waals surface area contributed by atoms with Crippen LogP contribution in [-0.2, 0) is 0 Å². The molecule has 1 atom stereocenters. The minimum Gasteiger partial charge on any atom is -0.466 e. The molecule has 0 aliphatic heterocycles. The number of nitrogens with two attached hydrogens (primary N) is 1. The number of imidazole rings is 1. The molecule has 0 amide bonds. The first-order chi connectivity index (χ1) is 9.47. The van der Waals surface area contributed by atoms with Crippen molar-refractivity contribution in [3.05, 3.63) is 46.9 Å². The van der Waals surface area contributed by atoms with E-state index in [1.165, 1.54) is 5.56 Å². The first kappa shape index (κ1) is 12.8. The lowest BCUT2D eigenvalue weighted by molar-refractivity contribution is 0.495. The summed E-state index contributed by atoms with van der Waals surface area (Å²) < 4.78 is 7.69. The number of hydrogen-bond acceptors (Lipinski definition) is 3. The van der Waals surface area contributed by atoms with Gasteiger partial charge >= 0.3 is 0 Å². The molecule has 4 heteroatoms. The van der Waals surface area contributed by atoms with Crippen LogP contribution in [0.2, 0.25) is 0 Å². The van der Waals surface area contributed by atoms with E-state index in [4.69, 9.17) is 10.2 Å². The maximum absolute atomic E-state index is 6.12. The zero-order valence-corrected chi connectivity index (χ0v) is 12.3. The molecule has 0 saturated heterocycles. The van der Waals surface area contributed by atoms with Crippen molar-refractivity contribution in [2.45, 2.75) is 33.7 Å². The number of nitrogen functional groups attached to an aromatic ring is 1. The van der Waals surface area contributed by atoms with Gasteiger partial charge in [0.15, 0.2) is 0 Å². The molecule has 0 bridgehead atoms. The van der Waals surface area contributed by atoms with Crippen LogP contribution < -0.4 is 5.73 Å². The summed E-state index contributed by atoms with van der Waals surface area (Å²) in [6.45, 7) is 8.12. The Balaban J connectivity index is 2.18. The van der Waals surface area contributed by atoms with Gasteiger partial charge in [0.1, 0.15) is 11.5 Å². The molecular weight excluding hydrogens is 250 g/mol. The molecular formula is C16H19N3O. The van der Waals surface area contributed by atoms with Crippen LogP contribution in [-0.4, -0.2) is 9.55 Å². The number of aryl methyl sites for hydroxylation is 3. The van der Waals surface area contributed by atoms with E-state index in [-0.39, 0.29) is 6.04 Å². The fraction of sp³-hybridized carbons (Fsp3) is 0.312. The van der Waals surface area contributed by atoms with Crippen LogP contribution in [0.4, 0.5) is 5.95 Å². The van der Waals surface area contributed by atoms with Crippen LogP contribution >= 0.6 is 0 Å². The van der Waals surface area contributed by atoms with E-state index in [2.05, 4.69) is 47.7 Å². The van der Waals surface area contributed by atoms with Gasteiger partial charge in [-0.05, 0) is 51.5 Å². The fourth-order valence-corrected chi connectivity index (χ4v) is 2.84. The minimum absolute atomic E-state index is 0.0974. The van der Waals surface area contributed by atoms with E-state index in [1.807, 2.05) is 13.8 Å². The number of fused-ring (bicyclic) bond motifs is 1. The van der Waals surface area contributed by atoms with Gasteiger partial charge in [-0.1, -0.05) is 6.07 Å². The Morgan fingerprint density at radius 2 is 1.95 bits per heavy atom. The maximum atomic E-state index is 6.12. The second-order valence-corrected chi connectivity index (χ2v) is 5.38. The molecule has 0 radical (unpaired) electrons. The monoisotopic (exact) mass is 269 g/mol. The molecule has 2 N–H and O–H groups in total. The molecule has 0 aliphatic rings. The van der Waals surface area contributed by atoms with Crippen molar-refractivity contribution in [1.29, 1.82) is 0 Å². The number of hydrogen-bond donors (Lipinski definition) is 1. The van der Waals surface area contributed by atoms with Crippen LogP contribution in [0.3, 0.4) is 0 Å². The van der Waals surface area contributed by atoms with Crippen LogP contribution in [0.15, 0.2) is 28.7 Å². The maximum Gasteiger partial charge on any atom is 0.201 e. The lowest BCUT2D eigenvalue weighted by Crippen LogP contribution is -2.10. The van der Waals surface area contributed by atoms with Crippen LogP contribution in [0.1, 0.15) is 35.6 Å². The zero-order valence-electron chi connectivity index (χ0n) is 12.3. The number of anilines is 1. The summed E-state index contributed by atoms with van der Waals surface area (Å²) in [5.41, 5.74) is 10.4. The normalized spacial score (nSPS) is 13.0. The van der Waals surface area contributed by atoms with E-state index in [0.29, 0.717) is 5.95 Å². The predicted octanol–water partition coefficient (Wildman–Crippen LogP) is 3.75. The molecule has 0 saturated carbocycles. The Morgan fingerprint density at radius 1 is 1.20 bits per heavy atom. The van der Waals surface area contributed by atoms with Gasteiger partial charge in [-0.15, -0.1) is 0 Å². The van der Waals surface area contributed by atoms with Crippen molar-refractivity contribution in [2.24, 2.45) is 0 Å². The number of rotatable bonds is 2. The number of aromatic nitrogens is 2. The Hall–Kier alpha value is -2.23. The molecule has 1 aromatic carbocycles. The summed E-state index contributed by atoms with van der Waals surface area (Å²) in [5.74, 6) is 2.39. The van der Waals surface area contributed by atoms with Gasteiger partial charge in [0.25, 0.3) is 0 Å². The van der Waals surface area contributed by atoms with Crippen LogP contribution in [0.25, 0.3) is 11.0 Å². The molecule has 0 fully saturated rings. The minimum atomic E-state index is 0.0974. The molecule has 3 aromatic rings. The van der Waals surface area contributed by atoms with Gasteiger partial charge in [-0.2, -0.15) is 0 Å². The highest BCUT2D eigenvalue weighted by Gasteiger charge is 2.19. The SMILES string of the molecule is Cc1ccc2c(c1)nc(N)n2C(C)c1cc(C)oc1C. The van der Waals surface area contributed by atoms with Crippen molar-refractivity contribution in [3.63, 3.8) is 0 Å². The van der Waals surface area contributed by atoms with E-state index in [0.717, 1.165) is 28.1 Å². The van der Waals surface area contributed by atoms with E-state index < -0.39 is 0 Å². The van der Waals surface area contributed by atoms with Gasteiger partial charge in [0.2, 0.25) is 5.95 Å². The summed E-state index contributed by atoms with van der Waals surface area (Å²) in [4.78, 5) is 4.47. The third-order valence-electron chi connectivity index (χ3n) is 3.79. The van der Waals surface area contributed by atoms with Gasteiger partial charge in [-0.3, -0.25) is 0 Å². The average molecular weight is 269 g/mol. The third-order valence-corrected chi connectivity index (χ3v) is 3.79. The highest BCUT2D eigenvalue weighted by Crippen LogP contribution is 2.30. The van der Waals surface area contributed by atoms with Gasteiger partial charge in [-0.25, -0.2) is 4.98 Å². The van der Waals surface area contributed by atoms with Crippen molar-refractivity contribution < 1.29 is 4.42 Å². The molecule has 2 aromatic heterocycles. The average Bonchev–Trinajstić information content (AvgIpc) is 2.87. The standard InChI is InChI=1S/C16H19N3O/c1-9-5-6-15-14(7-9)18-16(17)19(15)11(3)13-8-10(2)20-12(13)4/h5-8,11H,1-4H3,(H2,17,18). The summed E-state index contributed by atoms with van der Waals surface area (Å²) in [5, 5.41) is 0. The fourth-order valence-electron chi connectivity index (χ4n) is 2.84. The number of nitrogens with zero attached hydrogens (tertiary/aromatic N) is 2. The second kappa shape index (κ2) is 4.40. The van der Waals surface area contributed by atoms with Crippen LogP contribution in [0, 0.1) is 20.8 Å². The molecule has 4 nitrogen and oxygen atoms in total. The highest BCUT2D eigenvalue weighted by molar-refractivity contribution is 5.79. The summed E-state index contributed by atoms with van der Waals surface area (Å²) in [7, 11) is 0. The Kier molecular flexibility index (Phi) is 2.82. The number of benzene rings is 1. The quantitative estimate of drug-likeness (QED) is 0.771. The second-order valence-electron chi connectivity index (χ2n) is 5.38. The summed E-state index contributed by atoms with van der Waals surface area (Å²) >= 11 is 0. The Morgan fingerprint density at radius 3 is 2.60 bits per heavy atom. The van der Waals surface area contributed by atoms with Crippen molar-refractivity contribution in [1.82, 2.24) is 9.55 Å².